The highest BCUT2D eigenvalue weighted by atomic mass is 19.4. The zero-order chi connectivity index (χ0) is 19.7. The Morgan fingerprint density at radius 2 is 1.89 bits per heavy atom. The van der Waals surface area contributed by atoms with Crippen molar-refractivity contribution in [3.63, 3.8) is 0 Å². The molecular formula is C20H21F3N4O. The summed E-state index contributed by atoms with van der Waals surface area (Å²) in [6, 6.07) is 9.08. The van der Waals surface area contributed by atoms with Gasteiger partial charge in [0.05, 0.1) is 5.92 Å². The van der Waals surface area contributed by atoms with Gasteiger partial charge in [0.1, 0.15) is 17.8 Å². The molecular weight excluding hydrogens is 369 g/mol. The van der Waals surface area contributed by atoms with Gasteiger partial charge < -0.3 is 9.80 Å². The summed E-state index contributed by atoms with van der Waals surface area (Å²) >= 11 is 0. The molecule has 0 bridgehead atoms. The van der Waals surface area contributed by atoms with E-state index in [9.17, 15) is 18.0 Å². The molecule has 2 aromatic rings. The van der Waals surface area contributed by atoms with E-state index in [1.165, 1.54) is 11.1 Å². The lowest BCUT2D eigenvalue weighted by atomic mass is 9.94. The van der Waals surface area contributed by atoms with Crippen molar-refractivity contribution in [2.75, 3.05) is 24.5 Å². The van der Waals surface area contributed by atoms with Gasteiger partial charge in [0.15, 0.2) is 0 Å². The minimum absolute atomic E-state index is 0.0734. The van der Waals surface area contributed by atoms with E-state index in [2.05, 4.69) is 16.0 Å². The van der Waals surface area contributed by atoms with Crippen molar-refractivity contribution in [2.45, 2.75) is 32.0 Å². The Bertz CT molecular complexity index is 871. The van der Waals surface area contributed by atoms with Gasteiger partial charge in [-0.3, -0.25) is 4.79 Å². The zero-order valence-corrected chi connectivity index (χ0v) is 15.3. The molecule has 0 spiro atoms. The molecule has 2 aliphatic heterocycles. The molecule has 0 saturated carbocycles. The third-order valence-electron chi connectivity index (χ3n) is 5.48. The highest BCUT2D eigenvalue weighted by Crippen LogP contribution is 2.31. The van der Waals surface area contributed by atoms with Gasteiger partial charge in [-0.05, 0) is 30.4 Å². The first-order valence-corrected chi connectivity index (χ1v) is 9.41. The van der Waals surface area contributed by atoms with Gasteiger partial charge in [-0.25, -0.2) is 9.97 Å². The number of aromatic nitrogens is 2. The van der Waals surface area contributed by atoms with Gasteiger partial charge in [0.2, 0.25) is 5.91 Å². The molecule has 1 amide bonds. The molecule has 4 rings (SSSR count). The summed E-state index contributed by atoms with van der Waals surface area (Å²) in [7, 11) is 0. The lowest BCUT2D eigenvalue weighted by molar-refractivity contribution is -0.141. The van der Waals surface area contributed by atoms with Crippen LogP contribution in [-0.4, -0.2) is 40.4 Å². The summed E-state index contributed by atoms with van der Waals surface area (Å²) in [5.41, 5.74) is 1.48. The molecule has 1 atom stereocenters. The van der Waals surface area contributed by atoms with E-state index in [1.807, 2.05) is 23.1 Å². The molecule has 1 unspecified atom stereocenters. The zero-order valence-electron chi connectivity index (χ0n) is 15.3. The number of benzene rings is 1. The predicted molar refractivity (Wildman–Crippen MR) is 97.5 cm³/mol. The van der Waals surface area contributed by atoms with Crippen LogP contribution in [0.2, 0.25) is 0 Å². The molecule has 5 nitrogen and oxygen atoms in total. The van der Waals surface area contributed by atoms with Crippen LogP contribution in [0.1, 0.15) is 29.7 Å². The van der Waals surface area contributed by atoms with Crippen LogP contribution in [0.5, 0.6) is 0 Å². The van der Waals surface area contributed by atoms with Crippen molar-refractivity contribution in [3.8, 4) is 0 Å². The number of halogens is 3. The van der Waals surface area contributed by atoms with E-state index < -0.39 is 11.9 Å². The first-order valence-electron chi connectivity index (χ1n) is 9.41. The molecule has 148 valence electrons. The number of anilines is 1. The van der Waals surface area contributed by atoms with E-state index in [4.69, 9.17) is 0 Å². The van der Waals surface area contributed by atoms with Crippen molar-refractivity contribution in [3.05, 3.63) is 53.5 Å². The molecule has 1 fully saturated rings. The Kier molecular flexibility index (Phi) is 4.95. The molecule has 1 saturated heterocycles. The Labute approximate surface area is 161 Å². The lowest BCUT2D eigenvalue weighted by Gasteiger charge is -2.37. The number of amides is 1. The van der Waals surface area contributed by atoms with Crippen LogP contribution in [0.4, 0.5) is 19.0 Å². The van der Waals surface area contributed by atoms with E-state index in [-0.39, 0.29) is 17.6 Å². The quantitative estimate of drug-likeness (QED) is 0.790. The van der Waals surface area contributed by atoms with Crippen molar-refractivity contribution in [1.82, 2.24) is 14.9 Å². The second kappa shape index (κ2) is 7.41. The van der Waals surface area contributed by atoms with Crippen LogP contribution in [0.15, 0.2) is 36.7 Å². The molecule has 0 aliphatic carbocycles. The molecule has 28 heavy (non-hydrogen) atoms. The standard InChI is InChI=1S/C20H21F3N4O/c21-20(22,23)17-10-18(25-13-24-17)26-8-3-6-16(12-26)19(28)27-9-7-14-4-1-2-5-15(14)11-27/h1-2,4-5,10,13,16H,3,6-9,11-12H2. The number of rotatable bonds is 2. The van der Waals surface area contributed by atoms with Crippen LogP contribution in [0.3, 0.4) is 0 Å². The van der Waals surface area contributed by atoms with Gasteiger partial charge in [0, 0.05) is 32.2 Å². The lowest BCUT2D eigenvalue weighted by Crippen LogP contribution is -2.46. The fraction of sp³-hybridized carbons (Fsp3) is 0.450. The predicted octanol–water partition coefficient (Wildman–Crippen LogP) is 3.30. The summed E-state index contributed by atoms with van der Waals surface area (Å²) < 4.78 is 38.8. The second-order valence-electron chi connectivity index (χ2n) is 7.32. The molecule has 1 aromatic heterocycles. The van der Waals surface area contributed by atoms with Gasteiger partial charge in [-0.2, -0.15) is 13.2 Å². The number of fused-ring (bicyclic) bond motifs is 1. The summed E-state index contributed by atoms with van der Waals surface area (Å²) in [5.74, 6) is 0.0661. The molecule has 1 aromatic carbocycles. The molecule has 2 aliphatic rings. The topological polar surface area (TPSA) is 49.3 Å². The molecule has 0 N–H and O–H groups in total. The molecule has 8 heteroatoms. The maximum absolute atomic E-state index is 13.1. The Morgan fingerprint density at radius 3 is 2.68 bits per heavy atom. The van der Waals surface area contributed by atoms with Gasteiger partial charge in [0.25, 0.3) is 0 Å². The molecule has 0 radical (unpaired) electrons. The third kappa shape index (κ3) is 3.81. The van der Waals surface area contributed by atoms with Crippen LogP contribution >= 0.6 is 0 Å². The van der Waals surface area contributed by atoms with Gasteiger partial charge >= 0.3 is 6.18 Å². The smallest absolute Gasteiger partial charge is 0.356 e. The Morgan fingerprint density at radius 1 is 1.11 bits per heavy atom. The SMILES string of the molecule is O=C(C1CCCN(c2cc(C(F)(F)F)ncn2)C1)N1CCc2ccccc2C1. The number of piperidine rings is 1. The van der Waals surface area contributed by atoms with E-state index >= 15 is 0 Å². The Balaban J connectivity index is 1.46. The van der Waals surface area contributed by atoms with E-state index in [1.54, 1.807) is 4.90 Å². The molecule has 3 heterocycles. The summed E-state index contributed by atoms with van der Waals surface area (Å²) in [6.45, 7) is 2.24. The van der Waals surface area contributed by atoms with Crippen molar-refractivity contribution >= 4 is 11.7 Å². The number of nitrogens with zero attached hydrogens (tertiary/aromatic N) is 4. The van der Waals surface area contributed by atoms with Crippen LogP contribution in [0, 0.1) is 5.92 Å². The number of alkyl halides is 3. The maximum Gasteiger partial charge on any atom is 0.433 e. The van der Waals surface area contributed by atoms with Crippen LogP contribution in [-0.2, 0) is 23.9 Å². The first kappa shape index (κ1) is 18.7. The number of carbonyl (C=O) groups is 1. The van der Waals surface area contributed by atoms with Gasteiger partial charge in [-0.15, -0.1) is 0 Å². The average molecular weight is 390 g/mol. The first-order chi connectivity index (χ1) is 13.4. The van der Waals surface area contributed by atoms with Crippen molar-refractivity contribution in [1.29, 1.82) is 0 Å². The van der Waals surface area contributed by atoms with Crippen molar-refractivity contribution in [2.24, 2.45) is 5.92 Å². The van der Waals surface area contributed by atoms with Crippen LogP contribution < -0.4 is 4.90 Å². The minimum atomic E-state index is -4.51. The highest BCUT2D eigenvalue weighted by Gasteiger charge is 2.35. The average Bonchev–Trinajstić information content (AvgIpc) is 2.72. The fourth-order valence-corrected chi connectivity index (χ4v) is 4.00. The highest BCUT2D eigenvalue weighted by molar-refractivity contribution is 5.80. The van der Waals surface area contributed by atoms with E-state index in [0.717, 1.165) is 31.7 Å². The minimum Gasteiger partial charge on any atom is -0.356 e. The van der Waals surface area contributed by atoms with Gasteiger partial charge in [-0.1, -0.05) is 24.3 Å². The largest absolute Gasteiger partial charge is 0.433 e. The number of hydrogen-bond acceptors (Lipinski definition) is 4. The normalized spacial score (nSPS) is 20.0. The van der Waals surface area contributed by atoms with Crippen LogP contribution in [0.25, 0.3) is 0 Å². The maximum atomic E-state index is 13.1. The third-order valence-corrected chi connectivity index (χ3v) is 5.48. The second-order valence-corrected chi connectivity index (χ2v) is 7.32. The number of hydrogen-bond donors (Lipinski definition) is 0. The summed E-state index contributed by atoms with van der Waals surface area (Å²) in [4.78, 5) is 24.0. The number of carbonyl (C=O) groups excluding carboxylic acids is 1. The Hall–Kier alpha value is -2.64. The van der Waals surface area contributed by atoms with E-state index in [0.29, 0.717) is 26.2 Å². The monoisotopic (exact) mass is 390 g/mol. The summed E-state index contributed by atoms with van der Waals surface area (Å²) in [6.07, 6.45) is -1.26. The fourth-order valence-electron chi connectivity index (χ4n) is 4.00. The summed E-state index contributed by atoms with van der Waals surface area (Å²) in [5, 5.41) is 0. The van der Waals surface area contributed by atoms with Crippen molar-refractivity contribution < 1.29 is 18.0 Å².